The molecule has 1 heterocycles. The molecule has 0 aliphatic rings. The number of pyridine rings is 1. The van der Waals surface area contributed by atoms with E-state index in [2.05, 4.69) is 10.3 Å². The van der Waals surface area contributed by atoms with Crippen LogP contribution in [0.3, 0.4) is 0 Å². The molecule has 7 nitrogen and oxygen atoms in total. The van der Waals surface area contributed by atoms with Crippen molar-refractivity contribution in [3.63, 3.8) is 0 Å². The number of fused-ring (bicyclic) bond motifs is 1. The van der Waals surface area contributed by atoms with Crippen molar-refractivity contribution in [2.45, 2.75) is 33.6 Å². The fourth-order valence-electron chi connectivity index (χ4n) is 3.15. The first kappa shape index (κ1) is 22.2. The van der Waals surface area contributed by atoms with Gasteiger partial charge in [-0.3, -0.25) is 10.3 Å². The topological polar surface area (TPSA) is 78.9 Å². The van der Waals surface area contributed by atoms with Crippen molar-refractivity contribution in [2.24, 2.45) is 0 Å². The Kier molecular flexibility index (Phi) is 7.18. The number of rotatable bonds is 8. The van der Waals surface area contributed by atoms with Gasteiger partial charge in [0.2, 0.25) is 0 Å². The minimum absolute atomic E-state index is 0.408. The summed E-state index contributed by atoms with van der Waals surface area (Å²) in [6.07, 6.45) is 3.05. The highest BCUT2D eigenvalue weighted by molar-refractivity contribution is 5.89. The third-order valence-electron chi connectivity index (χ3n) is 5.13. The third-order valence-corrected chi connectivity index (χ3v) is 5.13. The second kappa shape index (κ2) is 10.0. The number of carbonyl (C=O) groups is 1. The molecule has 1 aromatic heterocycles. The summed E-state index contributed by atoms with van der Waals surface area (Å²) in [5, 5.41) is 3.61. The summed E-state index contributed by atoms with van der Waals surface area (Å²) in [6, 6.07) is 9.11. The van der Waals surface area contributed by atoms with Gasteiger partial charge in [0.1, 0.15) is 11.5 Å². The van der Waals surface area contributed by atoms with E-state index >= 15 is 0 Å². The Labute approximate surface area is 182 Å². The Hall–Kier alpha value is -3.48. The van der Waals surface area contributed by atoms with Gasteiger partial charge in [-0.2, -0.15) is 0 Å². The summed E-state index contributed by atoms with van der Waals surface area (Å²) < 4.78 is 22.2. The third kappa shape index (κ3) is 4.99. The van der Waals surface area contributed by atoms with Gasteiger partial charge in [-0.05, 0) is 55.7 Å². The molecular weight excluding hydrogens is 396 g/mol. The number of nitrogens with zero attached hydrogens (tertiary/aromatic N) is 1. The van der Waals surface area contributed by atoms with Crippen molar-refractivity contribution in [1.82, 2.24) is 4.98 Å². The molecule has 0 saturated carbocycles. The molecular formula is C24H28N2O5. The molecule has 0 unspecified atom stereocenters. The second-order valence-electron chi connectivity index (χ2n) is 7.11. The van der Waals surface area contributed by atoms with E-state index in [0.29, 0.717) is 35.3 Å². The van der Waals surface area contributed by atoms with E-state index in [9.17, 15) is 4.79 Å². The normalized spacial score (nSPS) is 10.6. The van der Waals surface area contributed by atoms with E-state index < -0.39 is 6.09 Å². The number of nitrogens with one attached hydrogen (secondary N) is 1. The van der Waals surface area contributed by atoms with Gasteiger partial charge in [0.15, 0.2) is 11.5 Å². The van der Waals surface area contributed by atoms with Gasteiger partial charge < -0.3 is 18.9 Å². The number of carbonyl (C=O) groups excluding carboxylic acids is 1. The quantitative estimate of drug-likeness (QED) is 0.446. The number of amides is 1. The Morgan fingerprint density at radius 2 is 1.71 bits per heavy atom. The van der Waals surface area contributed by atoms with Crippen LogP contribution in [0.5, 0.6) is 23.0 Å². The highest BCUT2D eigenvalue weighted by Gasteiger charge is 2.14. The fraction of sp³-hybridized carbons (Fsp3) is 0.333. The molecule has 3 aromatic rings. The lowest BCUT2D eigenvalue weighted by molar-refractivity contribution is 0.160. The molecule has 0 saturated heterocycles. The predicted molar refractivity (Wildman–Crippen MR) is 121 cm³/mol. The first-order valence-corrected chi connectivity index (χ1v) is 10.2. The molecule has 0 radical (unpaired) electrons. The van der Waals surface area contributed by atoms with E-state index in [0.717, 1.165) is 34.9 Å². The van der Waals surface area contributed by atoms with E-state index in [-0.39, 0.29) is 0 Å². The summed E-state index contributed by atoms with van der Waals surface area (Å²) in [6.45, 7) is 6.34. The molecule has 0 aliphatic heterocycles. The first-order valence-electron chi connectivity index (χ1n) is 10.2. The van der Waals surface area contributed by atoms with Crippen LogP contribution in [-0.2, 0) is 4.74 Å². The molecule has 0 spiro atoms. The van der Waals surface area contributed by atoms with Crippen molar-refractivity contribution in [1.29, 1.82) is 0 Å². The highest BCUT2D eigenvalue weighted by Crippen LogP contribution is 2.38. The number of hydrogen-bond donors (Lipinski definition) is 1. The zero-order valence-corrected chi connectivity index (χ0v) is 18.6. The molecule has 1 amide bonds. The molecule has 2 aromatic carbocycles. The number of hydrogen-bond acceptors (Lipinski definition) is 6. The number of unbranched alkanes of at least 4 members (excludes halogenated alkanes) is 1. The monoisotopic (exact) mass is 424 g/mol. The van der Waals surface area contributed by atoms with Crippen molar-refractivity contribution < 1.29 is 23.7 Å². The smallest absolute Gasteiger partial charge is 0.411 e. The molecule has 0 aliphatic carbocycles. The average Bonchev–Trinajstić information content (AvgIpc) is 2.78. The molecule has 164 valence electrons. The molecule has 0 fully saturated rings. The van der Waals surface area contributed by atoms with Gasteiger partial charge in [-0.25, -0.2) is 4.79 Å². The molecule has 7 heteroatoms. The summed E-state index contributed by atoms with van der Waals surface area (Å²) >= 11 is 0. The van der Waals surface area contributed by atoms with Gasteiger partial charge in [0, 0.05) is 23.3 Å². The fourth-order valence-corrected chi connectivity index (χ4v) is 3.15. The van der Waals surface area contributed by atoms with Crippen molar-refractivity contribution >= 4 is 22.7 Å². The SMILES string of the molecule is CCCCOC(=O)Nc1ccc(Oc2ccnc3cc(OC)c(OC)cc23)c(C)c1C. The van der Waals surface area contributed by atoms with E-state index in [1.807, 2.05) is 45.0 Å². The Morgan fingerprint density at radius 3 is 2.42 bits per heavy atom. The molecule has 0 bridgehead atoms. The van der Waals surface area contributed by atoms with Gasteiger partial charge in [-0.1, -0.05) is 13.3 Å². The number of ether oxygens (including phenoxy) is 4. The van der Waals surface area contributed by atoms with Crippen LogP contribution in [0, 0.1) is 13.8 Å². The van der Waals surface area contributed by atoms with Crippen molar-refractivity contribution in [3.05, 3.63) is 47.7 Å². The van der Waals surface area contributed by atoms with Crippen LogP contribution in [-0.4, -0.2) is 31.9 Å². The van der Waals surface area contributed by atoms with Crippen LogP contribution in [0.15, 0.2) is 36.5 Å². The highest BCUT2D eigenvalue weighted by atomic mass is 16.5. The predicted octanol–water partition coefficient (Wildman–Crippen LogP) is 6.01. The standard InChI is InChI=1S/C24H28N2O5/c1-6-7-12-30-24(27)26-18-8-9-20(16(3)15(18)2)31-21-10-11-25-19-14-23(29-5)22(28-4)13-17(19)21/h8-11,13-14H,6-7,12H2,1-5H3,(H,26,27). The van der Waals surface area contributed by atoms with Crippen LogP contribution >= 0.6 is 0 Å². The minimum Gasteiger partial charge on any atom is -0.493 e. The zero-order valence-electron chi connectivity index (χ0n) is 18.6. The van der Waals surface area contributed by atoms with Crippen molar-refractivity contribution in [3.8, 4) is 23.0 Å². The van der Waals surface area contributed by atoms with E-state index in [1.54, 1.807) is 26.5 Å². The van der Waals surface area contributed by atoms with Gasteiger partial charge >= 0.3 is 6.09 Å². The lowest BCUT2D eigenvalue weighted by Crippen LogP contribution is -2.15. The molecule has 31 heavy (non-hydrogen) atoms. The minimum atomic E-state index is -0.453. The maximum atomic E-state index is 12.0. The largest absolute Gasteiger partial charge is 0.493 e. The van der Waals surface area contributed by atoms with Crippen LogP contribution in [0.4, 0.5) is 10.5 Å². The maximum Gasteiger partial charge on any atom is 0.411 e. The number of benzene rings is 2. The Morgan fingerprint density at radius 1 is 0.968 bits per heavy atom. The Balaban J connectivity index is 1.87. The lowest BCUT2D eigenvalue weighted by atomic mass is 10.1. The number of methoxy groups -OCH3 is 2. The summed E-state index contributed by atoms with van der Waals surface area (Å²) in [5.74, 6) is 2.53. The number of anilines is 1. The van der Waals surface area contributed by atoms with Crippen LogP contribution in [0.1, 0.15) is 30.9 Å². The zero-order chi connectivity index (χ0) is 22.4. The maximum absolute atomic E-state index is 12.0. The number of aromatic nitrogens is 1. The van der Waals surface area contributed by atoms with Gasteiger partial charge in [0.05, 0.1) is 26.3 Å². The van der Waals surface area contributed by atoms with Crippen LogP contribution in [0.25, 0.3) is 10.9 Å². The lowest BCUT2D eigenvalue weighted by Gasteiger charge is -2.16. The summed E-state index contributed by atoms with van der Waals surface area (Å²) in [7, 11) is 3.18. The Bertz CT molecular complexity index is 1080. The average molecular weight is 424 g/mol. The first-order chi connectivity index (χ1) is 15.0. The summed E-state index contributed by atoms with van der Waals surface area (Å²) in [5.41, 5.74) is 3.24. The van der Waals surface area contributed by atoms with E-state index in [4.69, 9.17) is 18.9 Å². The second-order valence-corrected chi connectivity index (χ2v) is 7.11. The van der Waals surface area contributed by atoms with E-state index in [1.165, 1.54) is 0 Å². The van der Waals surface area contributed by atoms with Gasteiger partial charge in [-0.15, -0.1) is 0 Å². The van der Waals surface area contributed by atoms with Crippen LogP contribution < -0.4 is 19.5 Å². The molecule has 0 atom stereocenters. The van der Waals surface area contributed by atoms with Gasteiger partial charge in [0.25, 0.3) is 0 Å². The van der Waals surface area contributed by atoms with Crippen molar-refractivity contribution in [2.75, 3.05) is 26.1 Å². The molecule has 3 rings (SSSR count). The van der Waals surface area contributed by atoms with Crippen LogP contribution in [0.2, 0.25) is 0 Å². The molecule has 1 N–H and O–H groups in total. The summed E-state index contributed by atoms with van der Waals surface area (Å²) in [4.78, 5) is 16.4.